The number of nitrogens with one attached hydrogen (secondary N) is 1. The Labute approximate surface area is 134 Å². The third-order valence-corrected chi connectivity index (χ3v) is 3.66. The van der Waals surface area contributed by atoms with E-state index in [0.717, 1.165) is 37.0 Å². The lowest BCUT2D eigenvalue weighted by molar-refractivity contribution is 0.192. The third kappa shape index (κ3) is 4.23. The highest BCUT2D eigenvalue weighted by molar-refractivity contribution is 5.37. The van der Waals surface area contributed by atoms with Gasteiger partial charge in [0.25, 0.3) is 0 Å². The summed E-state index contributed by atoms with van der Waals surface area (Å²) in [7, 11) is 1.64. The first-order valence-electron chi connectivity index (χ1n) is 7.72. The van der Waals surface area contributed by atoms with E-state index in [0.29, 0.717) is 37.2 Å². The molecular weight excluding hydrogens is 298 g/mol. The van der Waals surface area contributed by atoms with Crippen molar-refractivity contribution < 1.29 is 14.0 Å². The Morgan fingerprint density at radius 2 is 2.26 bits per heavy atom. The van der Waals surface area contributed by atoms with E-state index in [1.165, 1.54) is 0 Å². The molecule has 0 amide bonds. The maximum Gasteiger partial charge on any atom is 0.229 e. The van der Waals surface area contributed by atoms with E-state index in [4.69, 9.17) is 14.0 Å². The first-order valence-corrected chi connectivity index (χ1v) is 7.72. The molecule has 0 spiro atoms. The van der Waals surface area contributed by atoms with E-state index < -0.39 is 0 Å². The van der Waals surface area contributed by atoms with E-state index in [2.05, 4.69) is 25.4 Å². The lowest BCUT2D eigenvalue weighted by atomic mass is 10.0. The number of anilines is 1. The average Bonchev–Trinajstić information content (AvgIpc) is 3.22. The third-order valence-electron chi connectivity index (χ3n) is 3.66. The molecule has 1 unspecified atom stereocenters. The summed E-state index contributed by atoms with van der Waals surface area (Å²) in [5.74, 6) is 3.03. The van der Waals surface area contributed by atoms with Crippen molar-refractivity contribution in [2.75, 3.05) is 32.2 Å². The van der Waals surface area contributed by atoms with Crippen LogP contribution in [-0.2, 0) is 22.4 Å². The van der Waals surface area contributed by atoms with Gasteiger partial charge in [-0.3, -0.25) is 0 Å². The highest BCUT2D eigenvalue weighted by Crippen LogP contribution is 2.25. The van der Waals surface area contributed by atoms with Gasteiger partial charge in [-0.25, -0.2) is 9.97 Å². The van der Waals surface area contributed by atoms with Gasteiger partial charge in [0.2, 0.25) is 5.89 Å². The SMILES string of the molecule is COCCc1nc(CNc2cc(C3CCOC3)nc(C)n2)no1. The normalized spacial score (nSPS) is 17.6. The van der Waals surface area contributed by atoms with E-state index >= 15 is 0 Å². The van der Waals surface area contributed by atoms with Crippen molar-refractivity contribution in [2.45, 2.75) is 32.2 Å². The quantitative estimate of drug-likeness (QED) is 0.820. The number of nitrogens with zero attached hydrogens (tertiary/aromatic N) is 4. The van der Waals surface area contributed by atoms with Crippen LogP contribution in [0.1, 0.15) is 35.6 Å². The molecule has 1 aliphatic heterocycles. The second-order valence-electron chi connectivity index (χ2n) is 5.49. The Balaban J connectivity index is 1.62. The van der Waals surface area contributed by atoms with Crippen molar-refractivity contribution in [2.24, 2.45) is 0 Å². The van der Waals surface area contributed by atoms with Gasteiger partial charge in [-0.1, -0.05) is 5.16 Å². The van der Waals surface area contributed by atoms with Crippen LogP contribution >= 0.6 is 0 Å². The Bertz CT molecular complexity index is 640. The summed E-state index contributed by atoms with van der Waals surface area (Å²) in [6.45, 7) is 4.43. The summed E-state index contributed by atoms with van der Waals surface area (Å²) in [6, 6.07) is 1.97. The van der Waals surface area contributed by atoms with Gasteiger partial charge in [0.15, 0.2) is 5.82 Å². The van der Waals surface area contributed by atoms with Gasteiger partial charge in [0, 0.05) is 25.7 Å². The second kappa shape index (κ2) is 7.47. The van der Waals surface area contributed by atoms with Crippen LogP contribution in [0.25, 0.3) is 0 Å². The van der Waals surface area contributed by atoms with Gasteiger partial charge in [-0.05, 0) is 13.3 Å². The monoisotopic (exact) mass is 319 g/mol. The van der Waals surface area contributed by atoms with Crippen molar-refractivity contribution in [3.8, 4) is 0 Å². The van der Waals surface area contributed by atoms with E-state index in [9.17, 15) is 0 Å². The van der Waals surface area contributed by atoms with Crippen LogP contribution in [-0.4, -0.2) is 47.0 Å². The Morgan fingerprint density at radius 3 is 3.04 bits per heavy atom. The molecule has 3 rings (SSSR count). The minimum absolute atomic E-state index is 0.350. The minimum Gasteiger partial charge on any atom is -0.384 e. The molecule has 23 heavy (non-hydrogen) atoms. The van der Waals surface area contributed by atoms with E-state index in [1.807, 2.05) is 13.0 Å². The predicted molar refractivity (Wildman–Crippen MR) is 82.2 cm³/mol. The first kappa shape index (κ1) is 15.8. The van der Waals surface area contributed by atoms with Crippen molar-refractivity contribution in [1.82, 2.24) is 20.1 Å². The van der Waals surface area contributed by atoms with Gasteiger partial charge in [0.05, 0.1) is 31.9 Å². The molecule has 0 aromatic carbocycles. The van der Waals surface area contributed by atoms with Crippen LogP contribution in [0.4, 0.5) is 5.82 Å². The average molecular weight is 319 g/mol. The summed E-state index contributed by atoms with van der Waals surface area (Å²) in [5, 5.41) is 7.17. The minimum atomic E-state index is 0.350. The van der Waals surface area contributed by atoms with Gasteiger partial charge in [-0.2, -0.15) is 4.98 Å². The molecule has 0 radical (unpaired) electrons. The zero-order valence-electron chi connectivity index (χ0n) is 13.4. The van der Waals surface area contributed by atoms with Crippen LogP contribution in [0.5, 0.6) is 0 Å². The maximum atomic E-state index is 5.43. The van der Waals surface area contributed by atoms with Crippen LogP contribution in [0.2, 0.25) is 0 Å². The molecule has 0 saturated carbocycles. The molecule has 2 aromatic rings. The van der Waals surface area contributed by atoms with Crippen LogP contribution in [0, 0.1) is 6.92 Å². The highest BCUT2D eigenvalue weighted by atomic mass is 16.5. The summed E-state index contributed by atoms with van der Waals surface area (Å²) in [6.07, 6.45) is 1.62. The van der Waals surface area contributed by atoms with Gasteiger partial charge in [-0.15, -0.1) is 0 Å². The summed E-state index contributed by atoms with van der Waals surface area (Å²) in [4.78, 5) is 13.2. The van der Waals surface area contributed by atoms with Crippen molar-refractivity contribution in [1.29, 1.82) is 0 Å². The number of ether oxygens (including phenoxy) is 2. The molecule has 124 valence electrons. The number of rotatable bonds is 7. The Hall–Kier alpha value is -2.06. The fourth-order valence-electron chi connectivity index (χ4n) is 2.48. The molecule has 2 aromatic heterocycles. The number of aryl methyl sites for hydroxylation is 1. The van der Waals surface area contributed by atoms with E-state index in [1.54, 1.807) is 7.11 Å². The van der Waals surface area contributed by atoms with Gasteiger partial charge in [0.1, 0.15) is 11.6 Å². The molecule has 1 fully saturated rings. The molecule has 8 heteroatoms. The van der Waals surface area contributed by atoms with Gasteiger partial charge >= 0.3 is 0 Å². The number of aromatic nitrogens is 4. The molecule has 8 nitrogen and oxygen atoms in total. The molecule has 0 aliphatic carbocycles. The van der Waals surface area contributed by atoms with E-state index in [-0.39, 0.29) is 0 Å². The standard InChI is InChI=1S/C15H21N5O3/c1-10-17-12(11-3-6-22-9-11)7-13(18-10)16-8-14-19-15(23-20-14)4-5-21-2/h7,11H,3-6,8-9H2,1-2H3,(H,16,17,18). The molecule has 1 aliphatic rings. The zero-order valence-corrected chi connectivity index (χ0v) is 13.4. The summed E-state index contributed by atoms with van der Waals surface area (Å²) in [5.41, 5.74) is 1.02. The Morgan fingerprint density at radius 1 is 1.35 bits per heavy atom. The molecule has 1 atom stereocenters. The fraction of sp³-hybridized carbons (Fsp3) is 0.600. The topological polar surface area (TPSA) is 95.2 Å². The Kier molecular flexibility index (Phi) is 5.14. The van der Waals surface area contributed by atoms with Crippen LogP contribution in [0.3, 0.4) is 0 Å². The first-order chi connectivity index (χ1) is 11.2. The lowest BCUT2D eigenvalue weighted by Gasteiger charge is -2.10. The van der Waals surface area contributed by atoms with Gasteiger partial charge < -0.3 is 19.3 Å². The number of hydrogen-bond acceptors (Lipinski definition) is 8. The predicted octanol–water partition coefficient (Wildman–Crippen LogP) is 1.47. The molecule has 3 heterocycles. The second-order valence-corrected chi connectivity index (χ2v) is 5.49. The summed E-state index contributed by atoms with van der Waals surface area (Å²) >= 11 is 0. The molecule has 1 saturated heterocycles. The van der Waals surface area contributed by atoms with Crippen molar-refractivity contribution in [3.63, 3.8) is 0 Å². The number of hydrogen-bond donors (Lipinski definition) is 1. The number of methoxy groups -OCH3 is 1. The maximum absolute atomic E-state index is 5.43. The highest BCUT2D eigenvalue weighted by Gasteiger charge is 2.20. The smallest absolute Gasteiger partial charge is 0.229 e. The van der Waals surface area contributed by atoms with Crippen LogP contribution in [0.15, 0.2) is 10.6 Å². The summed E-state index contributed by atoms with van der Waals surface area (Å²) < 4.78 is 15.6. The van der Waals surface area contributed by atoms with Crippen molar-refractivity contribution in [3.05, 3.63) is 29.3 Å². The molecular formula is C15H21N5O3. The lowest BCUT2D eigenvalue weighted by Crippen LogP contribution is -2.08. The zero-order chi connectivity index (χ0) is 16.1. The van der Waals surface area contributed by atoms with Crippen molar-refractivity contribution >= 4 is 5.82 Å². The fourth-order valence-corrected chi connectivity index (χ4v) is 2.48. The van der Waals surface area contributed by atoms with Crippen LogP contribution < -0.4 is 5.32 Å². The molecule has 1 N–H and O–H groups in total. The molecule has 0 bridgehead atoms. The largest absolute Gasteiger partial charge is 0.384 e.